The minimum absolute atomic E-state index is 0.323. The van der Waals surface area contributed by atoms with Gasteiger partial charge in [-0.05, 0) is 24.3 Å². The first kappa shape index (κ1) is 14.5. The fourth-order valence-electron chi connectivity index (χ4n) is 1.22. The van der Waals surface area contributed by atoms with Gasteiger partial charge in [-0.25, -0.2) is 0 Å². The average Bonchev–Trinajstić information content (AvgIpc) is 2.30. The van der Waals surface area contributed by atoms with Crippen LogP contribution in [0.5, 0.6) is 5.75 Å². The standard InChI is InChI=1S/C12H14BrNO4/c1-14(11(15)8-12(16)17)6-7-18-10-4-2-9(13)3-5-10/h2-5H,6-8H2,1H3,(H,16,17). The molecule has 0 spiro atoms. The number of rotatable bonds is 6. The number of aliphatic carboxylic acids is 1. The molecule has 1 aromatic carbocycles. The lowest BCUT2D eigenvalue weighted by molar-refractivity contribution is -0.143. The van der Waals surface area contributed by atoms with Gasteiger partial charge in [-0.2, -0.15) is 0 Å². The van der Waals surface area contributed by atoms with Gasteiger partial charge < -0.3 is 14.7 Å². The van der Waals surface area contributed by atoms with Crippen LogP contribution < -0.4 is 4.74 Å². The number of carbonyl (C=O) groups excluding carboxylic acids is 1. The Kier molecular flexibility index (Phi) is 5.64. The maximum absolute atomic E-state index is 11.3. The summed E-state index contributed by atoms with van der Waals surface area (Å²) >= 11 is 3.31. The molecular formula is C12H14BrNO4. The zero-order valence-electron chi connectivity index (χ0n) is 9.93. The number of carboxylic acid groups (broad SMARTS) is 1. The van der Waals surface area contributed by atoms with E-state index in [1.54, 1.807) is 7.05 Å². The second kappa shape index (κ2) is 7.00. The quantitative estimate of drug-likeness (QED) is 0.812. The maximum atomic E-state index is 11.3. The predicted octanol–water partition coefficient (Wildman–Crippen LogP) is 1.76. The van der Waals surface area contributed by atoms with Crippen LogP contribution in [0.25, 0.3) is 0 Å². The SMILES string of the molecule is CN(CCOc1ccc(Br)cc1)C(=O)CC(=O)O. The number of carboxylic acids is 1. The molecule has 0 bridgehead atoms. The molecule has 18 heavy (non-hydrogen) atoms. The summed E-state index contributed by atoms with van der Waals surface area (Å²) in [6.45, 7) is 0.672. The summed E-state index contributed by atoms with van der Waals surface area (Å²) in [5, 5.41) is 8.48. The van der Waals surface area contributed by atoms with E-state index in [1.165, 1.54) is 4.90 Å². The van der Waals surface area contributed by atoms with Crippen molar-refractivity contribution >= 4 is 27.8 Å². The molecule has 0 saturated heterocycles. The molecule has 1 rings (SSSR count). The molecular weight excluding hydrogens is 302 g/mol. The van der Waals surface area contributed by atoms with Crippen LogP contribution in [-0.4, -0.2) is 42.1 Å². The molecule has 0 aliphatic heterocycles. The van der Waals surface area contributed by atoms with Gasteiger partial charge in [0, 0.05) is 11.5 Å². The van der Waals surface area contributed by atoms with Crippen LogP contribution in [0.3, 0.4) is 0 Å². The van der Waals surface area contributed by atoms with Crippen LogP contribution in [-0.2, 0) is 9.59 Å². The molecule has 0 fully saturated rings. The molecule has 6 heteroatoms. The van der Waals surface area contributed by atoms with Crippen molar-refractivity contribution in [3.8, 4) is 5.75 Å². The third-order valence-electron chi connectivity index (χ3n) is 2.24. The number of carbonyl (C=O) groups is 2. The first-order valence-electron chi connectivity index (χ1n) is 5.33. The summed E-state index contributed by atoms with van der Waals surface area (Å²) < 4.78 is 6.39. The van der Waals surface area contributed by atoms with Gasteiger partial charge in [-0.15, -0.1) is 0 Å². The van der Waals surface area contributed by atoms with E-state index in [2.05, 4.69) is 15.9 Å². The van der Waals surface area contributed by atoms with E-state index in [4.69, 9.17) is 9.84 Å². The predicted molar refractivity (Wildman–Crippen MR) is 69.5 cm³/mol. The molecule has 1 N–H and O–H groups in total. The lowest BCUT2D eigenvalue weighted by atomic mass is 10.3. The topological polar surface area (TPSA) is 66.8 Å². The van der Waals surface area contributed by atoms with Gasteiger partial charge in [0.1, 0.15) is 18.8 Å². The summed E-state index contributed by atoms with van der Waals surface area (Å²) in [7, 11) is 1.55. The average molecular weight is 316 g/mol. The van der Waals surface area contributed by atoms with Crippen molar-refractivity contribution in [2.45, 2.75) is 6.42 Å². The van der Waals surface area contributed by atoms with Gasteiger partial charge in [0.05, 0.1) is 6.54 Å². The van der Waals surface area contributed by atoms with Gasteiger partial charge in [-0.3, -0.25) is 9.59 Å². The fraction of sp³-hybridized carbons (Fsp3) is 0.333. The summed E-state index contributed by atoms with van der Waals surface area (Å²) in [5.74, 6) is -0.847. The van der Waals surface area contributed by atoms with E-state index in [-0.39, 0.29) is 0 Å². The number of likely N-dealkylation sites (N-methyl/N-ethyl adjacent to an activating group) is 1. The molecule has 0 heterocycles. The normalized spacial score (nSPS) is 9.89. The number of halogens is 1. The van der Waals surface area contributed by atoms with Crippen LogP contribution in [0.4, 0.5) is 0 Å². The smallest absolute Gasteiger partial charge is 0.312 e. The molecule has 0 aliphatic rings. The van der Waals surface area contributed by atoms with E-state index in [0.717, 1.165) is 4.47 Å². The van der Waals surface area contributed by atoms with Crippen LogP contribution in [0, 0.1) is 0 Å². The molecule has 5 nitrogen and oxygen atoms in total. The summed E-state index contributed by atoms with van der Waals surface area (Å²) in [6, 6.07) is 7.33. The van der Waals surface area contributed by atoms with Crippen LogP contribution >= 0.6 is 15.9 Å². The molecule has 98 valence electrons. The second-order valence-corrected chi connectivity index (χ2v) is 4.60. The molecule has 1 amide bonds. The Morgan fingerprint density at radius 1 is 1.33 bits per heavy atom. The zero-order valence-corrected chi connectivity index (χ0v) is 11.5. The van der Waals surface area contributed by atoms with Gasteiger partial charge in [-0.1, -0.05) is 15.9 Å². The minimum atomic E-state index is -1.12. The zero-order chi connectivity index (χ0) is 13.5. The lowest BCUT2D eigenvalue weighted by Crippen LogP contribution is -2.32. The monoisotopic (exact) mass is 315 g/mol. The van der Waals surface area contributed by atoms with Crippen molar-refractivity contribution in [1.29, 1.82) is 0 Å². The molecule has 0 atom stereocenters. The first-order chi connectivity index (χ1) is 8.49. The molecule has 0 aromatic heterocycles. The number of amides is 1. The van der Waals surface area contributed by atoms with Crippen molar-refractivity contribution in [2.24, 2.45) is 0 Å². The number of nitrogens with zero attached hydrogens (tertiary/aromatic N) is 1. The Morgan fingerprint density at radius 2 is 1.94 bits per heavy atom. The second-order valence-electron chi connectivity index (χ2n) is 3.69. The number of ether oxygens (including phenoxy) is 1. The van der Waals surface area contributed by atoms with E-state index < -0.39 is 18.3 Å². The Bertz CT molecular complexity index is 419. The Morgan fingerprint density at radius 3 is 2.50 bits per heavy atom. The fourth-order valence-corrected chi connectivity index (χ4v) is 1.48. The lowest BCUT2D eigenvalue weighted by Gasteiger charge is -2.16. The molecule has 0 saturated carbocycles. The van der Waals surface area contributed by atoms with Gasteiger partial charge >= 0.3 is 5.97 Å². The van der Waals surface area contributed by atoms with Crippen molar-refractivity contribution < 1.29 is 19.4 Å². The van der Waals surface area contributed by atoms with Crippen molar-refractivity contribution in [2.75, 3.05) is 20.2 Å². The Balaban J connectivity index is 2.31. The van der Waals surface area contributed by atoms with Gasteiger partial charge in [0.15, 0.2) is 0 Å². The van der Waals surface area contributed by atoms with Crippen molar-refractivity contribution in [3.05, 3.63) is 28.7 Å². The van der Waals surface area contributed by atoms with E-state index in [1.807, 2.05) is 24.3 Å². The minimum Gasteiger partial charge on any atom is -0.492 e. The highest BCUT2D eigenvalue weighted by atomic mass is 79.9. The number of benzene rings is 1. The van der Waals surface area contributed by atoms with E-state index >= 15 is 0 Å². The Hall–Kier alpha value is -1.56. The Labute approximate surface area is 113 Å². The van der Waals surface area contributed by atoms with Crippen molar-refractivity contribution in [1.82, 2.24) is 4.90 Å². The van der Waals surface area contributed by atoms with Crippen LogP contribution in [0.2, 0.25) is 0 Å². The highest BCUT2D eigenvalue weighted by Crippen LogP contribution is 2.15. The summed E-state index contributed by atoms with van der Waals surface area (Å²) in [6.07, 6.45) is -0.491. The van der Waals surface area contributed by atoms with Crippen molar-refractivity contribution in [3.63, 3.8) is 0 Å². The first-order valence-corrected chi connectivity index (χ1v) is 6.12. The highest BCUT2D eigenvalue weighted by Gasteiger charge is 2.12. The largest absolute Gasteiger partial charge is 0.492 e. The van der Waals surface area contributed by atoms with E-state index in [0.29, 0.717) is 18.9 Å². The molecule has 1 aromatic rings. The molecule has 0 aliphatic carbocycles. The summed E-state index contributed by atoms with van der Waals surface area (Å²) in [5.41, 5.74) is 0. The van der Waals surface area contributed by atoms with Crippen LogP contribution in [0.1, 0.15) is 6.42 Å². The van der Waals surface area contributed by atoms with Crippen LogP contribution in [0.15, 0.2) is 28.7 Å². The highest BCUT2D eigenvalue weighted by molar-refractivity contribution is 9.10. The maximum Gasteiger partial charge on any atom is 0.312 e. The summed E-state index contributed by atoms with van der Waals surface area (Å²) in [4.78, 5) is 23.0. The van der Waals surface area contributed by atoms with Gasteiger partial charge in [0.2, 0.25) is 5.91 Å². The molecule has 0 radical (unpaired) electrons. The molecule has 0 unspecified atom stereocenters. The third kappa shape index (κ3) is 5.18. The van der Waals surface area contributed by atoms with Gasteiger partial charge in [0.25, 0.3) is 0 Å². The third-order valence-corrected chi connectivity index (χ3v) is 2.77. The number of hydrogen-bond acceptors (Lipinski definition) is 3. The van der Waals surface area contributed by atoms with E-state index in [9.17, 15) is 9.59 Å². The number of hydrogen-bond donors (Lipinski definition) is 1.